The lowest BCUT2D eigenvalue weighted by molar-refractivity contribution is 1.07. The van der Waals surface area contributed by atoms with Crippen LogP contribution in [0.15, 0.2) is 65.1 Å². The molecule has 0 N–H and O–H groups in total. The van der Waals surface area contributed by atoms with E-state index in [9.17, 15) is 9.81 Å². The second-order valence-electron chi connectivity index (χ2n) is 3.31. The van der Waals surface area contributed by atoms with Gasteiger partial charge in [0.2, 0.25) is 0 Å². The largest absolute Gasteiger partial charge is 0.195 e. The number of hydrogen-bond acceptors (Lipinski definition) is 4. The van der Waals surface area contributed by atoms with Gasteiger partial charge in [0, 0.05) is 0 Å². The summed E-state index contributed by atoms with van der Waals surface area (Å²) < 4.78 is 0. The van der Waals surface area contributed by atoms with Crippen LogP contribution >= 0.6 is 0 Å². The van der Waals surface area contributed by atoms with E-state index in [4.69, 9.17) is 0 Å². The van der Waals surface area contributed by atoms with Crippen LogP contribution in [0.1, 0.15) is 0 Å². The van der Waals surface area contributed by atoms with E-state index in [1.165, 1.54) is 6.07 Å². The normalized spacial score (nSPS) is 9.65. The monoisotopic (exact) mass is 227 g/mol. The maximum Gasteiger partial charge on any atom is 0.133 e. The Morgan fingerprint density at radius 1 is 0.824 bits per heavy atom. The summed E-state index contributed by atoms with van der Waals surface area (Å²) in [6, 6.07) is 15.4. The van der Waals surface area contributed by atoms with Crippen LogP contribution in [-0.4, -0.2) is 0 Å². The summed E-state index contributed by atoms with van der Waals surface area (Å²) in [5.74, 6) is 0. The van der Waals surface area contributed by atoms with Crippen LogP contribution in [0.2, 0.25) is 0 Å². The number of anilines is 2. The summed E-state index contributed by atoms with van der Waals surface area (Å²) in [6.45, 7) is 0. The second kappa shape index (κ2) is 4.98. The van der Waals surface area contributed by atoms with E-state index in [1.54, 1.807) is 42.5 Å². The minimum Gasteiger partial charge on any atom is -0.195 e. The van der Waals surface area contributed by atoms with E-state index in [0.29, 0.717) is 11.4 Å². The van der Waals surface area contributed by atoms with Gasteiger partial charge in [-0.1, -0.05) is 30.3 Å². The zero-order chi connectivity index (χ0) is 12.1. The number of benzene rings is 2. The van der Waals surface area contributed by atoms with Crippen molar-refractivity contribution in [3.63, 3.8) is 0 Å². The van der Waals surface area contributed by atoms with Gasteiger partial charge in [0.05, 0.1) is 16.7 Å². The fraction of sp³-hybridized carbons (Fsp3) is 0. The molecule has 0 aliphatic rings. The van der Waals surface area contributed by atoms with Gasteiger partial charge >= 0.3 is 0 Å². The number of para-hydroxylation sites is 2. The minimum absolute atomic E-state index is 0.177. The highest BCUT2D eigenvalue weighted by Gasteiger charge is 2.13. The smallest absolute Gasteiger partial charge is 0.133 e. The van der Waals surface area contributed by atoms with Gasteiger partial charge < -0.3 is 0 Å². The van der Waals surface area contributed by atoms with E-state index in [2.05, 4.69) is 10.5 Å². The summed E-state index contributed by atoms with van der Waals surface area (Å²) >= 11 is 0. The van der Waals surface area contributed by atoms with Crippen molar-refractivity contribution in [2.24, 2.45) is 10.5 Å². The molecule has 84 valence electrons. The zero-order valence-electron chi connectivity index (χ0n) is 8.85. The van der Waals surface area contributed by atoms with Gasteiger partial charge in [-0.05, 0) is 29.4 Å². The molecule has 0 saturated carbocycles. The van der Waals surface area contributed by atoms with Crippen LogP contribution in [0, 0.1) is 9.81 Å². The molecule has 17 heavy (non-hydrogen) atoms. The highest BCUT2D eigenvalue weighted by Crippen LogP contribution is 2.33. The maximum atomic E-state index is 10.9. The van der Waals surface area contributed by atoms with Gasteiger partial charge in [0.15, 0.2) is 0 Å². The Balaban J connectivity index is 2.49. The summed E-state index contributed by atoms with van der Waals surface area (Å²) in [5, 5.41) is 6.93. The highest BCUT2D eigenvalue weighted by atomic mass is 16.3. The topological polar surface area (TPSA) is 62.1 Å². The van der Waals surface area contributed by atoms with E-state index in [1.807, 2.05) is 6.07 Å². The molecular formula is C12H9N3O2. The molecule has 5 nitrogen and oxygen atoms in total. The van der Waals surface area contributed by atoms with Gasteiger partial charge in [0.1, 0.15) is 5.69 Å². The van der Waals surface area contributed by atoms with Gasteiger partial charge in [-0.15, -0.1) is 9.81 Å². The molecule has 0 atom stereocenters. The average molecular weight is 227 g/mol. The fourth-order valence-electron chi connectivity index (χ4n) is 1.52. The van der Waals surface area contributed by atoms with Crippen molar-refractivity contribution >= 4 is 17.1 Å². The second-order valence-corrected chi connectivity index (χ2v) is 3.31. The van der Waals surface area contributed by atoms with E-state index >= 15 is 0 Å². The zero-order valence-corrected chi connectivity index (χ0v) is 8.85. The number of nitrogens with zero attached hydrogens (tertiary/aromatic N) is 3. The van der Waals surface area contributed by atoms with E-state index < -0.39 is 0 Å². The van der Waals surface area contributed by atoms with Crippen LogP contribution < -0.4 is 5.01 Å². The third kappa shape index (κ3) is 2.17. The van der Waals surface area contributed by atoms with Crippen LogP contribution in [0.3, 0.4) is 0 Å². The third-order valence-electron chi connectivity index (χ3n) is 2.29. The van der Waals surface area contributed by atoms with Gasteiger partial charge in [-0.25, -0.2) is 0 Å². The molecule has 0 radical (unpaired) electrons. The Hall–Kier alpha value is -2.56. The predicted octanol–water partition coefficient (Wildman–Crippen LogP) is 3.90. The first kappa shape index (κ1) is 10.9. The average Bonchev–Trinajstić information content (AvgIpc) is 2.41. The molecule has 0 heterocycles. The highest BCUT2D eigenvalue weighted by molar-refractivity contribution is 5.73. The van der Waals surface area contributed by atoms with Crippen molar-refractivity contribution in [3.8, 4) is 0 Å². The third-order valence-corrected chi connectivity index (χ3v) is 2.29. The lowest BCUT2D eigenvalue weighted by Crippen LogP contribution is -2.07. The summed E-state index contributed by atoms with van der Waals surface area (Å²) in [7, 11) is 0. The summed E-state index contributed by atoms with van der Waals surface area (Å²) in [6.07, 6.45) is 0. The van der Waals surface area contributed by atoms with Crippen LogP contribution in [-0.2, 0) is 0 Å². The SMILES string of the molecule is O=Nc1ccccc1N(N=O)c1ccccc1. The van der Waals surface area contributed by atoms with Crippen molar-refractivity contribution in [1.29, 1.82) is 0 Å². The maximum absolute atomic E-state index is 10.9. The molecule has 0 unspecified atom stereocenters. The van der Waals surface area contributed by atoms with Crippen LogP contribution in [0.5, 0.6) is 0 Å². The van der Waals surface area contributed by atoms with Crippen molar-refractivity contribution < 1.29 is 0 Å². The minimum atomic E-state index is 0.177. The number of hydrogen-bond donors (Lipinski definition) is 0. The standard InChI is InChI=1S/C12H9N3O2/c16-13-11-8-4-5-9-12(11)15(14-17)10-6-2-1-3-7-10/h1-9H. The van der Waals surface area contributed by atoms with Crippen molar-refractivity contribution in [1.82, 2.24) is 0 Å². The molecule has 0 bridgehead atoms. The van der Waals surface area contributed by atoms with Crippen molar-refractivity contribution in [3.05, 3.63) is 64.4 Å². The number of nitroso groups, excluding NO2 is 2. The molecule has 0 aliphatic carbocycles. The molecule has 5 heteroatoms. The molecular weight excluding hydrogens is 218 g/mol. The molecule has 0 saturated heterocycles. The first-order valence-electron chi connectivity index (χ1n) is 4.97. The quantitative estimate of drug-likeness (QED) is 0.587. The Bertz CT molecular complexity index is 528. The molecule has 0 spiro atoms. The first-order chi connectivity index (χ1) is 8.36. The first-order valence-corrected chi connectivity index (χ1v) is 4.97. The molecule has 0 aromatic heterocycles. The lowest BCUT2D eigenvalue weighted by Gasteiger charge is -2.15. The van der Waals surface area contributed by atoms with Gasteiger partial charge in [-0.3, -0.25) is 0 Å². The predicted molar refractivity (Wildman–Crippen MR) is 66.3 cm³/mol. The van der Waals surface area contributed by atoms with E-state index in [0.717, 1.165) is 5.01 Å². The van der Waals surface area contributed by atoms with Crippen LogP contribution in [0.25, 0.3) is 0 Å². The lowest BCUT2D eigenvalue weighted by atomic mass is 10.2. The molecule has 2 aromatic carbocycles. The van der Waals surface area contributed by atoms with Crippen molar-refractivity contribution in [2.75, 3.05) is 5.01 Å². The molecule has 2 aromatic rings. The van der Waals surface area contributed by atoms with Crippen LogP contribution in [0.4, 0.5) is 17.1 Å². The Morgan fingerprint density at radius 2 is 1.47 bits per heavy atom. The Kier molecular flexibility index (Phi) is 3.20. The summed E-state index contributed by atoms with van der Waals surface area (Å²) in [5.41, 5.74) is 1.12. The fourth-order valence-corrected chi connectivity index (χ4v) is 1.52. The van der Waals surface area contributed by atoms with Gasteiger partial charge in [-0.2, -0.15) is 5.01 Å². The van der Waals surface area contributed by atoms with Gasteiger partial charge in [0.25, 0.3) is 0 Å². The molecule has 0 amide bonds. The molecule has 0 fully saturated rings. The molecule has 0 aliphatic heterocycles. The van der Waals surface area contributed by atoms with E-state index in [-0.39, 0.29) is 5.69 Å². The number of rotatable bonds is 4. The Labute approximate surface area is 97.6 Å². The Morgan fingerprint density at radius 3 is 2.12 bits per heavy atom. The summed E-state index contributed by atoms with van der Waals surface area (Å²) in [4.78, 5) is 21.6. The van der Waals surface area contributed by atoms with Crippen molar-refractivity contribution in [2.45, 2.75) is 0 Å². The molecule has 2 rings (SSSR count).